The normalized spacial score (nSPS) is 19.1. The lowest BCUT2D eigenvalue weighted by atomic mass is 9.87. The molecule has 0 saturated heterocycles. The summed E-state index contributed by atoms with van der Waals surface area (Å²) in [6.45, 7) is 2.56. The molecule has 2 nitrogen and oxygen atoms in total. The van der Waals surface area contributed by atoms with Gasteiger partial charge in [0.05, 0.1) is 0 Å². The number of hydrogen-bond acceptors (Lipinski definition) is 1. The van der Waals surface area contributed by atoms with Crippen molar-refractivity contribution in [2.75, 3.05) is 6.54 Å². The quantitative estimate of drug-likeness (QED) is 0.635. The molecule has 0 heterocycles. The summed E-state index contributed by atoms with van der Waals surface area (Å²) in [4.78, 5) is 11.1. The molecule has 0 atom stereocenters. The predicted octanol–water partition coefficient (Wildman–Crippen LogP) is 2.11. The molecule has 69 valence electrons. The number of hydrogen-bond donors (Lipinski definition) is 0. The lowest BCUT2D eigenvalue weighted by molar-refractivity contribution is -0.122. The molecule has 0 spiro atoms. The highest BCUT2D eigenvalue weighted by Crippen LogP contribution is 2.25. The van der Waals surface area contributed by atoms with Gasteiger partial charge in [0, 0.05) is 13.0 Å². The Morgan fingerprint density at radius 1 is 1.33 bits per heavy atom. The third kappa shape index (κ3) is 3.24. The van der Waals surface area contributed by atoms with Crippen LogP contribution in [0.25, 0.3) is 0 Å². The zero-order chi connectivity index (χ0) is 8.81. The molecule has 1 rings (SSSR count). The number of carbonyl (C=O) groups is 1. The fraction of sp³-hybridized carbons (Fsp3) is 0.900. The van der Waals surface area contributed by atoms with Crippen molar-refractivity contribution in [1.82, 2.24) is 5.32 Å². The molecule has 2 heteroatoms. The molecule has 0 aliphatic heterocycles. The van der Waals surface area contributed by atoms with Crippen molar-refractivity contribution < 1.29 is 4.79 Å². The van der Waals surface area contributed by atoms with Crippen LogP contribution in [0.5, 0.6) is 0 Å². The summed E-state index contributed by atoms with van der Waals surface area (Å²) in [6, 6.07) is 0. The third-order valence-electron chi connectivity index (χ3n) is 2.52. The molecule has 1 aliphatic carbocycles. The minimum absolute atomic E-state index is 0.115. The van der Waals surface area contributed by atoms with Crippen LogP contribution in [-0.2, 0) is 4.79 Å². The second-order valence-electron chi connectivity index (χ2n) is 3.58. The minimum atomic E-state index is 0.115. The number of nitrogens with zero attached hydrogens (tertiary/aromatic N) is 1. The van der Waals surface area contributed by atoms with Gasteiger partial charge >= 0.3 is 0 Å². The Kier molecular flexibility index (Phi) is 4.12. The number of rotatable bonds is 3. The molecule has 0 N–H and O–H groups in total. The average Bonchev–Trinajstić information content (AvgIpc) is 2.06. The molecule has 0 aromatic rings. The zero-order valence-electron chi connectivity index (χ0n) is 7.88. The van der Waals surface area contributed by atoms with Gasteiger partial charge in [0.25, 0.3) is 0 Å². The van der Waals surface area contributed by atoms with Crippen molar-refractivity contribution >= 4 is 5.91 Å². The number of amides is 1. The van der Waals surface area contributed by atoms with E-state index in [1.54, 1.807) is 0 Å². The SMILES string of the molecule is CC[N]C(=O)CC1CCCCC1. The second kappa shape index (κ2) is 5.18. The van der Waals surface area contributed by atoms with Gasteiger partial charge in [-0.05, 0) is 25.7 Å². The maximum absolute atomic E-state index is 11.1. The zero-order valence-corrected chi connectivity index (χ0v) is 7.88. The highest BCUT2D eigenvalue weighted by Gasteiger charge is 2.16. The van der Waals surface area contributed by atoms with Crippen LogP contribution in [0.1, 0.15) is 45.4 Å². The highest BCUT2D eigenvalue weighted by atomic mass is 16.1. The summed E-state index contributed by atoms with van der Waals surface area (Å²) in [5.74, 6) is 0.756. The molecule has 0 aromatic carbocycles. The summed E-state index contributed by atoms with van der Waals surface area (Å²) in [6.07, 6.45) is 7.16. The topological polar surface area (TPSA) is 31.2 Å². The minimum Gasteiger partial charge on any atom is -0.273 e. The van der Waals surface area contributed by atoms with Crippen molar-refractivity contribution in [2.24, 2.45) is 5.92 Å². The van der Waals surface area contributed by atoms with Gasteiger partial charge in [0.2, 0.25) is 5.91 Å². The van der Waals surface area contributed by atoms with Crippen LogP contribution in [0.15, 0.2) is 0 Å². The molecule has 1 saturated carbocycles. The summed E-state index contributed by atoms with van der Waals surface area (Å²) >= 11 is 0. The predicted molar refractivity (Wildman–Crippen MR) is 48.9 cm³/mol. The van der Waals surface area contributed by atoms with Crippen LogP contribution < -0.4 is 5.32 Å². The summed E-state index contributed by atoms with van der Waals surface area (Å²) < 4.78 is 0. The Hall–Kier alpha value is -0.530. The Morgan fingerprint density at radius 2 is 2.00 bits per heavy atom. The summed E-state index contributed by atoms with van der Waals surface area (Å²) in [7, 11) is 0. The van der Waals surface area contributed by atoms with E-state index in [2.05, 4.69) is 5.32 Å². The van der Waals surface area contributed by atoms with Gasteiger partial charge in [-0.15, -0.1) is 0 Å². The van der Waals surface area contributed by atoms with Gasteiger partial charge in [-0.1, -0.05) is 19.3 Å². The largest absolute Gasteiger partial charge is 0.273 e. The van der Waals surface area contributed by atoms with Gasteiger partial charge in [-0.25, -0.2) is 0 Å². The van der Waals surface area contributed by atoms with Crippen molar-refractivity contribution in [2.45, 2.75) is 45.4 Å². The van der Waals surface area contributed by atoms with E-state index in [0.29, 0.717) is 18.9 Å². The van der Waals surface area contributed by atoms with E-state index in [9.17, 15) is 4.79 Å². The molecule has 0 bridgehead atoms. The molecule has 1 radical (unpaired) electrons. The first-order valence-electron chi connectivity index (χ1n) is 5.03. The van der Waals surface area contributed by atoms with E-state index >= 15 is 0 Å². The van der Waals surface area contributed by atoms with Crippen LogP contribution in [0.4, 0.5) is 0 Å². The first-order chi connectivity index (χ1) is 5.83. The van der Waals surface area contributed by atoms with Crippen LogP contribution in [0.3, 0.4) is 0 Å². The van der Waals surface area contributed by atoms with Crippen LogP contribution in [0.2, 0.25) is 0 Å². The molecular formula is C10H18NO. The number of carbonyl (C=O) groups excluding carboxylic acids is 1. The van der Waals surface area contributed by atoms with Crippen molar-refractivity contribution in [1.29, 1.82) is 0 Å². The Balaban J connectivity index is 2.15. The third-order valence-corrected chi connectivity index (χ3v) is 2.52. The Bertz CT molecular complexity index is 139. The lowest BCUT2D eigenvalue weighted by Gasteiger charge is -2.20. The summed E-state index contributed by atoms with van der Waals surface area (Å²) in [5, 5.41) is 3.88. The van der Waals surface area contributed by atoms with E-state index in [1.807, 2.05) is 6.92 Å². The maximum Gasteiger partial charge on any atom is 0.241 e. The van der Waals surface area contributed by atoms with Gasteiger partial charge in [0.1, 0.15) is 0 Å². The first kappa shape index (κ1) is 9.56. The molecule has 12 heavy (non-hydrogen) atoms. The highest BCUT2D eigenvalue weighted by molar-refractivity contribution is 5.75. The van der Waals surface area contributed by atoms with Crippen LogP contribution in [0, 0.1) is 5.92 Å². The van der Waals surface area contributed by atoms with E-state index < -0.39 is 0 Å². The van der Waals surface area contributed by atoms with Gasteiger partial charge in [-0.2, -0.15) is 0 Å². The van der Waals surface area contributed by atoms with E-state index in [1.165, 1.54) is 32.1 Å². The molecule has 0 aromatic heterocycles. The van der Waals surface area contributed by atoms with Crippen LogP contribution >= 0.6 is 0 Å². The molecule has 0 unspecified atom stereocenters. The first-order valence-corrected chi connectivity index (χ1v) is 5.03. The molecular weight excluding hydrogens is 150 g/mol. The molecule has 1 amide bonds. The maximum atomic E-state index is 11.1. The fourth-order valence-electron chi connectivity index (χ4n) is 1.88. The van der Waals surface area contributed by atoms with E-state index in [4.69, 9.17) is 0 Å². The average molecular weight is 168 g/mol. The van der Waals surface area contributed by atoms with Gasteiger partial charge < -0.3 is 0 Å². The smallest absolute Gasteiger partial charge is 0.241 e. The second-order valence-corrected chi connectivity index (χ2v) is 3.58. The van der Waals surface area contributed by atoms with Gasteiger partial charge in [-0.3, -0.25) is 10.1 Å². The molecule has 1 fully saturated rings. The Morgan fingerprint density at radius 3 is 2.58 bits per heavy atom. The van der Waals surface area contributed by atoms with Crippen LogP contribution in [-0.4, -0.2) is 12.5 Å². The summed E-state index contributed by atoms with van der Waals surface area (Å²) in [5.41, 5.74) is 0. The monoisotopic (exact) mass is 168 g/mol. The standard InChI is InChI=1S/C10H18NO/c1-2-11-10(12)8-9-6-4-3-5-7-9/h9H,2-8H2,1H3. The van der Waals surface area contributed by atoms with Crippen molar-refractivity contribution in [3.8, 4) is 0 Å². The Labute approximate surface area is 74.7 Å². The van der Waals surface area contributed by atoms with E-state index in [-0.39, 0.29) is 5.91 Å². The molecule has 1 aliphatic rings. The lowest BCUT2D eigenvalue weighted by Crippen LogP contribution is -2.20. The van der Waals surface area contributed by atoms with Gasteiger partial charge in [0.15, 0.2) is 0 Å². The van der Waals surface area contributed by atoms with Crippen molar-refractivity contribution in [3.05, 3.63) is 0 Å². The van der Waals surface area contributed by atoms with Crippen molar-refractivity contribution in [3.63, 3.8) is 0 Å². The fourth-order valence-corrected chi connectivity index (χ4v) is 1.88. The van der Waals surface area contributed by atoms with E-state index in [0.717, 1.165) is 0 Å².